The van der Waals surface area contributed by atoms with Crippen molar-refractivity contribution in [2.45, 2.75) is 38.3 Å². The summed E-state index contributed by atoms with van der Waals surface area (Å²) in [6.45, 7) is 1.13. The highest BCUT2D eigenvalue weighted by Crippen LogP contribution is 2.17. The van der Waals surface area contributed by atoms with Gasteiger partial charge in [-0.3, -0.25) is 9.36 Å². The van der Waals surface area contributed by atoms with Crippen molar-refractivity contribution in [3.63, 3.8) is 0 Å². The van der Waals surface area contributed by atoms with Crippen LogP contribution in [0.15, 0.2) is 21.9 Å². The van der Waals surface area contributed by atoms with E-state index in [1.165, 1.54) is 47.1 Å². The van der Waals surface area contributed by atoms with E-state index in [1.54, 1.807) is 7.05 Å². The van der Waals surface area contributed by atoms with Crippen LogP contribution < -0.4 is 16.6 Å². The van der Waals surface area contributed by atoms with Crippen LogP contribution in [-0.2, 0) is 13.6 Å². The van der Waals surface area contributed by atoms with E-state index in [2.05, 4.69) is 5.32 Å². The second-order valence-corrected chi connectivity index (χ2v) is 4.63. The van der Waals surface area contributed by atoms with Gasteiger partial charge in [-0.15, -0.1) is 0 Å². The van der Waals surface area contributed by atoms with Gasteiger partial charge in [-0.2, -0.15) is 0 Å². The Morgan fingerprint density at radius 3 is 2.76 bits per heavy atom. The minimum atomic E-state index is -0.245. The van der Waals surface area contributed by atoms with E-state index >= 15 is 0 Å². The van der Waals surface area contributed by atoms with E-state index in [0.717, 1.165) is 0 Å². The van der Waals surface area contributed by atoms with Gasteiger partial charge in [0.25, 0.3) is 5.56 Å². The zero-order valence-corrected chi connectivity index (χ0v) is 10.2. The highest BCUT2D eigenvalue weighted by atomic mass is 16.2. The van der Waals surface area contributed by atoms with Gasteiger partial charge in [0.2, 0.25) is 0 Å². The predicted molar refractivity (Wildman–Crippen MR) is 66.2 cm³/mol. The molecule has 94 valence electrons. The van der Waals surface area contributed by atoms with Crippen molar-refractivity contribution in [2.75, 3.05) is 6.54 Å². The van der Waals surface area contributed by atoms with Gasteiger partial charge < -0.3 is 9.88 Å². The number of hydrogen-bond acceptors (Lipinski definition) is 3. The van der Waals surface area contributed by atoms with E-state index in [-0.39, 0.29) is 11.2 Å². The number of aromatic nitrogens is 2. The fourth-order valence-corrected chi connectivity index (χ4v) is 2.33. The topological polar surface area (TPSA) is 56.0 Å². The second-order valence-electron chi connectivity index (χ2n) is 4.63. The summed E-state index contributed by atoms with van der Waals surface area (Å²) in [5.74, 6) is 0. The molecule has 1 N–H and O–H groups in total. The first-order valence-corrected chi connectivity index (χ1v) is 6.18. The van der Waals surface area contributed by atoms with Crippen LogP contribution in [0.3, 0.4) is 0 Å². The van der Waals surface area contributed by atoms with Crippen molar-refractivity contribution in [2.24, 2.45) is 7.05 Å². The summed E-state index contributed by atoms with van der Waals surface area (Å²) >= 11 is 0. The van der Waals surface area contributed by atoms with Crippen LogP contribution in [0.4, 0.5) is 0 Å². The average molecular weight is 237 g/mol. The van der Waals surface area contributed by atoms with E-state index in [9.17, 15) is 9.59 Å². The maximum atomic E-state index is 11.7. The molecule has 0 aromatic carbocycles. The molecule has 2 rings (SSSR count). The molecule has 1 heterocycles. The summed E-state index contributed by atoms with van der Waals surface area (Å²) in [7, 11) is 1.66. The van der Waals surface area contributed by atoms with Crippen LogP contribution in [0.2, 0.25) is 0 Å². The quantitative estimate of drug-likeness (QED) is 0.807. The summed E-state index contributed by atoms with van der Waals surface area (Å²) in [5, 5.41) is 3.40. The first kappa shape index (κ1) is 12.1. The lowest BCUT2D eigenvalue weighted by molar-refractivity contribution is 0.479. The van der Waals surface area contributed by atoms with Crippen molar-refractivity contribution < 1.29 is 0 Å². The van der Waals surface area contributed by atoms with Crippen LogP contribution >= 0.6 is 0 Å². The third-order valence-electron chi connectivity index (χ3n) is 3.36. The number of hydrogen-bond donors (Lipinski definition) is 1. The Bertz CT molecular complexity index is 483. The molecule has 0 amide bonds. The van der Waals surface area contributed by atoms with E-state index < -0.39 is 0 Å². The molecule has 17 heavy (non-hydrogen) atoms. The highest BCUT2D eigenvalue weighted by Gasteiger charge is 2.13. The van der Waals surface area contributed by atoms with Gasteiger partial charge in [-0.25, -0.2) is 4.79 Å². The first-order chi connectivity index (χ1) is 8.18. The van der Waals surface area contributed by atoms with Crippen molar-refractivity contribution in [3.8, 4) is 0 Å². The van der Waals surface area contributed by atoms with E-state index in [1.807, 2.05) is 0 Å². The van der Waals surface area contributed by atoms with Gasteiger partial charge in [-0.1, -0.05) is 12.8 Å². The lowest BCUT2D eigenvalue weighted by Crippen LogP contribution is -2.41. The number of aryl methyl sites for hydroxylation is 1. The smallest absolute Gasteiger partial charge is 0.312 e. The molecule has 0 spiro atoms. The van der Waals surface area contributed by atoms with Crippen LogP contribution in [0.5, 0.6) is 0 Å². The molecule has 5 heteroatoms. The molecule has 0 bridgehead atoms. The molecule has 0 aliphatic heterocycles. The molecule has 1 aliphatic carbocycles. The normalized spacial score (nSPS) is 16.5. The minimum absolute atomic E-state index is 0.221. The molecular formula is C12H19N3O2. The Balaban J connectivity index is 1.96. The standard InChI is InChI=1S/C12H19N3O2/c1-14-8-6-11(16)15(12(14)17)9-7-13-10-4-2-3-5-10/h6,8,10,13H,2-5,7,9H2,1H3. The average Bonchev–Trinajstić information content (AvgIpc) is 2.81. The van der Waals surface area contributed by atoms with Crippen molar-refractivity contribution in [3.05, 3.63) is 33.1 Å². The Hall–Kier alpha value is -1.36. The molecule has 1 saturated carbocycles. The molecule has 1 aromatic heterocycles. The molecule has 0 saturated heterocycles. The molecule has 1 aromatic rings. The molecule has 1 fully saturated rings. The lowest BCUT2D eigenvalue weighted by atomic mass is 10.2. The Kier molecular flexibility index (Phi) is 3.78. The van der Waals surface area contributed by atoms with Gasteiger partial charge in [-0.05, 0) is 12.8 Å². The minimum Gasteiger partial charge on any atom is -0.312 e. The van der Waals surface area contributed by atoms with Gasteiger partial charge in [0.05, 0.1) is 0 Å². The second kappa shape index (κ2) is 5.31. The summed E-state index contributed by atoms with van der Waals surface area (Å²) in [6, 6.07) is 2.00. The lowest BCUT2D eigenvalue weighted by Gasteiger charge is -2.12. The summed E-state index contributed by atoms with van der Waals surface area (Å²) in [4.78, 5) is 23.3. The number of nitrogens with zero attached hydrogens (tertiary/aromatic N) is 2. The molecular weight excluding hydrogens is 218 g/mol. The fraction of sp³-hybridized carbons (Fsp3) is 0.667. The summed E-state index contributed by atoms with van der Waals surface area (Å²) in [6.07, 6.45) is 6.49. The highest BCUT2D eigenvalue weighted by molar-refractivity contribution is 4.85. The maximum absolute atomic E-state index is 11.7. The van der Waals surface area contributed by atoms with Gasteiger partial charge >= 0.3 is 5.69 Å². The largest absolute Gasteiger partial charge is 0.330 e. The Morgan fingerprint density at radius 2 is 2.06 bits per heavy atom. The van der Waals surface area contributed by atoms with Crippen LogP contribution in [0.25, 0.3) is 0 Å². The number of nitrogens with one attached hydrogen (secondary N) is 1. The maximum Gasteiger partial charge on any atom is 0.330 e. The van der Waals surface area contributed by atoms with Crippen LogP contribution in [0, 0.1) is 0 Å². The fourth-order valence-electron chi connectivity index (χ4n) is 2.33. The van der Waals surface area contributed by atoms with E-state index in [0.29, 0.717) is 19.1 Å². The monoisotopic (exact) mass is 237 g/mol. The van der Waals surface area contributed by atoms with Crippen LogP contribution in [-0.4, -0.2) is 21.7 Å². The molecule has 0 unspecified atom stereocenters. The summed E-state index contributed by atoms with van der Waals surface area (Å²) in [5.41, 5.74) is -0.466. The Morgan fingerprint density at radius 1 is 1.35 bits per heavy atom. The van der Waals surface area contributed by atoms with Crippen molar-refractivity contribution in [1.82, 2.24) is 14.5 Å². The van der Waals surface area contributed by atoms with Crippen LogP contribution in [0.1, 0.15) is 25.7 Å². The first-order valence-electron chi connectivity index (χ1n) is 6.18. The van der Waals surface area contributed by atoms with Crippen molar-refractivity contribution in [1.29, 1.82) is 0 Å². The molecule has 1 aliphatic rings. The molecule has 5 nitrogen and oxygen atoms in total. The van der Waals surface area contributed by atoms with E-state index in [4.69, 9.17) is 0 Å². The third kappa shape index (κ3) is 2.85. The zero-order chi connectivity index (χ0) is 12.3. The van der Waals surface area contributed by atoms with Gasteiger partial charge in [0.1, 0.15) is 0 Å². The SMILES string of the molecule is Cn1ccc(=O)n(CCNC2CCCC2)c1=O. The molecule has 0 radical (unpaired) electrons. The van der Waals surface area contributed by atoms with Crippen molar-refractivity contribution >= 4 is 0 Å². The molecule has 0 atom stereocenters. The third-order valence-corrected chi connectivity index (χ3v) is 3.36. The van der Waals surface area contributed by atoms with Gasteiger partial charge in [0.15, 0.2) is 0 Å². The Labute approximate surface area is 100 Å². The predicted octanol–water partition coefficient (Wildman–Crippen LogP) is 0.0792. The van der Waals surface area contributed by atoms with Gasteiger partial charge in [0, 0.05) is 38.4 Å². The summed E-state index contributed by atoms with van der Waals surface area (Å²) < 4.78 is 2.71. The zero-order valence-electron chi connectivity index (χ0n) is 10.2. The number of rotatable bonds is 4.